The highest BCUT2D eigenvalue weighted by Crippen LogP contribution is 2.21. The van der Waals surface area contributed by atoms with Gasteiger partial charge in [0.2, 0.25) is 0 Å². The number of furan rings is 1. The van der Waals surface area contributed by atoms with Gasteiger partial charge in [-0.25, -0.2) is 9.18 Å². The number of aryl methyl sites for hydroxylation is 2. The van der Waals surface area contributed by atoms with Crippen molar-refractivity contribution in [2.45, 2.75) is 27.2 Å². The van der Waals surface area contributed by atoms with Crippen LogP contribution in [0.2, 0.25) is 0 Å². The van der Waals surface area contributed by atoms with Gasteiger partial charge in [-0.15, -0.1) is 0 Å². The summed E-state index contributed by atoms with van der Waals surface area (Å²) in [5, 5.41) is 2.65. The lowest BCUT2D eigenvalue weighted by Crippen LogP contribution is -2.30. The summed E-state index contributed by atoms with van der Waals surface area (Å²) in [5.74, 6) is -0.124. The van der Waals surface area contributed by atoms with E-state index < -0.39 is 5.97 Å². The molecule has 0 aliphatic carbocycles. The lowest BCUT2D eigenvalue weighted by atomic mass is 10.1. The molecular weight excluding hydrogens is 313 g/mol. The van der Waals surface area contributed by atoms with Crippen molar-refractivity contribution in [3.8, 4) is 0 Å². The van der Waals surface area contributed by atoms with Crippen LogP contribution in [0.3, 0.4) is 0 Å². The van der Waals surface area contributed by atoms with Crippen molar-refractivity contribution < 1.29 is 23.1 Å². The molecule has 2 aromatic rings. The van der Waals surface area contributed by atoms with Crippen LogP contribution in [-0.2, 0) is 16.0 Å². The van der Waals surface area contributed by atoms with Crippen LogP contribution >= 0.6 is 0 Å². The topological polar surface area (TPSA) is 68.5 Å². The molecule has 1 aromatic carbocycles. The summed E-state index contributed by atoms with van der Waals surface area (Å²) in [6, 6.07) is 6.07. The summed E-state index contributed by atoms with van der Waals surface area (Å²) in [7, 11) is 0. The van der Waals surface area contributed by atoms with Crippen LogP contribution < -0.4 is 5.32 Å². The Morgan fingerprint density at radius 2 is 1.79 bits per heavy atom. The van der Waals surface area contributed by atoms with Crippen LogP contribution in [0.5, 0.6) is 0 Å². The number of benzene rings is 1. The van der Waals surface area contributed by atoms with Crippen LogP contribution in [0, 0.1) is 26.6 Å². The van der Waals surface area contributed by atoms with Crippen LogP contribution in [0.15, 0.2) is 28.7 Å². The Balaban J connectivity index is 1.76. The maximum atomic E-state index is 12.8. The van der Waals surface area contributed by atoms with Crippen molar-refractivity contribution in [1.82, 2.24) is 5.32 Å². The smallest absolute Gasteiger partial charge is 0.342 e. The molecule has 0 saturated heterocycles. The van der Waals surface area contributed by atoms with Crippen molar-refractivity contribution in [2.24, 2.45) is 0 Å². The lowest BCUT2D eigenvalue weighted by molar-refractivity contribution is -0.124. The van der Waals surface area contributed by atoms with Crippen molar-refractivity contribution in [2.75, 3.05) is 13.2 Å². The van der Waals surface area contributed by atoms with Gasteiger partial charge in [0.15, 0.2) is 6.61 Å². The van der Waals surface area contributed by atoms with Crippen molar-refractivity contribution in [3.05, 3.63) is 58.3 Å². The maximum absolute atomic E-state index is 12.8. The first-order valence-corrected chi connectivity index (χ1v) is 7.63. The van der Waals surface area contributed by atoms with E-state index in [9.17, 15) is 14.0 Å². The Hall–Kier alpha value is -2.63. The minimum Gasteiger partial charge on any atom is -0.465 e. The Labute approximate surface area is 139 Å². The fraction of sp³-hybridized carbons (Fsp3) is 0.333. The van der Waals surface area contributed by atoms with Crippen LogP contribution in [0.4, 0.5) is 4.39 Å². The summed E-state index contributed by atoms with van der Waals surface area (Å²) in [6.07, 6.45) is 0.569. The van der Waals surface area contributed by atoms with E-state index in [1.807, 2.05) is 0 Å². The highest BCUT2D eigenvalue weighted by atomic mass is 19.1. The second kappa shape index (κ2) is 7.77. The molecule has 1 amide bonds. The van der Waals surface area contributed by atoms with E-state index in [1.165, 1.54) is 12.1 Å². The first kappa shape index (κ1) is 17.7. The molecule has 0 spiro atoms. The zero-order valence-corrected chi connectivity index (χ0v) is 13.9. The molecule has 128 valence electrons. The molecule has 0 atom stereocenters. The molecule has 1 aromatic heterocycles. The molecule has 24 heavy (non-hydrogen) atoms. The number of esters is 1. The van der Waals surface area contributed by atoms with Crippen LogP contribution in [0.25, 0.3) is 0 Å². The fourth-order valence-electron chi connectivity index (χ4n) is 2.35. The van der Waals surface area contributed by atoms with Gasteiger partial charge in [-0.05, 0) is 44.9 Å². The van der Waals surface area contributed by atoms with Gasteiger partial charge >= 0.3 is 5.97 Å². The molecule has 0 bridgehead atoms. The van der Waals surface area contributed by atoms with E-state index in [1.54, 1.807) is 32.9 Å². The minimum absolute atomic E-state index is 0.297. The molecule has 6 heteroatoms. The first-order chi connectivity index (χ1) is 11.4. The quantitative estimate of drug-likeness (QED) is 0.826. The third-order valence-corrected chi connectivity index (χ3v) is 3.75. The predicted molar refractivity (Wildman–Crippen MR) is 86.3 cm³/mol. The zero-order chi connectivity index (χ0) is 17.7. The number of nitrogens with one attached hydrogen (secondary N) is 1. The fourth-order valence-corrected chi connectivity index (χ4v) is 2.35. The van der Waals surface area contributed by atoms with Gasteiger partial charge in [0, 0.05) is 12.1 Å². The Morgan fingerprint density at radius 1 is 1.12 bits per heavy atom. The summed E-state index contributed by atoms with van der Waals surface area (Å²) in [6.45, 7) is 5.24. The largest absolute Gasteiger partial charge is 0.465 e. The molecule has 0 aliphatic rings. The average Bonchev–Trinajstić information content (AvgIpc) is 2.80. The Kier molecular flexibility index (Phi) is 5.73. The number of carbonyl (C=O) groups is 2. The number of halogens is 1. The SMILES string of the molecule is Cc1oc(C)c(C(=O)OCC(=O)NCCc2ccc(F)cc2)c1C. The van der Waals surface area contributed by atoms with Crippen molar-refractivity contribution in [3.63, 3.8) is 0 Å². The monoisotopic (exact) mass is 333 g/mol. The van der Waals surface area contributed by atoms with Crippen LogP contribution in [-0.4, -0.2) is 25.0 Å². The Bertz CT molecular complexity index is 734. The zero-order valence-electron chi connectivity index (χ0n) is 13.9. The van der Waals surface area contributed by atoms with Gasteiger partial charge in [0.1, 0.15) is 22.9 Å². The van der Waals surface area contributed by atoms with E-state index in [-0.39, 0.29) is 18.3 Å². The minimum atomic E-state index is -0.574. The first-order valence-electron chi connectivity index (χ1n) is 7.63. The average molecular weight is 333 g/mol. The number of rotatable bonds is 6. The summed E-state index contributed by atoms with van der Waals surface area (Å²) in [4.78, 5) is 23.8. The van der Waals surface area contributed by atoms with Crippen molar-refractivity contribution in [1.29, 1.82) is 0 Å². The molecule has 1 N–H and O–H groups in total. The molecule has 1 heterocycles. The number of hydrogen-bond acceptors (Lipinski definition) is 4. The normalized spacial score (nSPS) is 10.5. The van der Waals surface area contributed by atoms with E-state index >= 15 is 0 Å². The van der Waals surface area contributed by atoms with E-state index in [2.05, 4.69) is 5.32 Å². The van der Waals surface area contributed by atoms with E-state index in [4.69, 9.17) is 9.15 Å². The highest BCUT2D eigenvalue weighted by Gasteiger charge is 2.20. The number of ether oxygens (including phenoxy) is 1. The summed E-state index contributed by atoms with van der Waals surface area (Å²) >= 11 is 0. The lowest BCUT2D eigenvalue weighted by Gasteiger charge is -2.07. The molecule has 0 fully saturated rings. The predicted octanol–water partition coefficient (Wildman–Crippen LogP) is 2.86. The second-order valence-electron chi connectivity index (χ2n) is 5.52. The maximum Gasteiger partial charge on any atom is 0.342 e. The number of amides is 1. The number of carbonyl (C=O) groups excluding carboxylic acids is 2. The second-order valence-corrected chi connectivity index (χ2v) is 5.52. The summed E-state index contributed by atoms with van der Waals surface area (Å²) < 4.78 is 23.2. The third-order valence-electron chi connectivity index (χ3n) is 3.75. The molecule has 5 nitrogen and oxygen atoms in total. The summed E-state index contributed by atoms with van der Waals surface area (Å²) in [5.41, 5.74) is 2.00. The molecule has 2 rings (SSSR count). The Morgan fingerprint density at radius 3 is 2.38 bits per heavy atom. The molecule has 0 aliphatic heterocycles. The molecule has 0 unspecified atom stereocenters. The molecule has 0 radical (unpaired) electrons. The van der Waals surface area contributed by atoms with Gasteiger partial charge in [-0.1, -0.05) is 12.1 Å². The van der Waals surface area contributed by atoms with E-state index in [0.29, 0.717) is 35.6 Å². The van der Waals surface area contributed by atoms with Gasteiger partial charge in [-0.2, -0.15) is 0 Å². The van der Waals surface area contributed by atoms with Crippen LogP contribution in [0.1, 0.15) is 33.0 Å². The van der Waals surface area contributed by atoms with E-state index in [0.717, 1.165) is 5.56 Å². The van der Waals surface area contributed by atoms with Gasteiger partial charge < -0.3 is 14.5 Å². The van der Waals surface area contributed by atoms with Gasteiger partial charge in [-0.3, -0.25) is 4.79 Å². The molecule has 0 saturated carbocycles. The van der Waals surface area contributed by atoms with Crippen molar-refractivity contribution >= 4 is 11.9 Å². The standard InChI is InChI=1S/C18H20FNO4/c1-11-12(2)24-13(3)17(11)18(22)23-10-16(21)20-9-8-14-4-6-15(19)7-5-14/h4-7H,8-10H2,1-3H3,(H,20,21). The third kappa shape index (κ3) is 4.44. The van der Waals surface area contributed by atoms with Gasteiger partial charge in [0.25, 0.3) is 5.91 Å². The number of hydrogen-bond donors (Lipinski definition) is 1. The molecular formula is C18H20FNO4. The van der Waals surface area contributed by atoms with Gasteiger partial charge in [0.05, 0.1) is 0 Å². The highest BCUT2D eigenvalue weighted by molar-refractivity contribution is 5.93.